The highest BCUT2D eigenvalue weighted by atomic mass is 16.1. The van der Waals surface area contributed by atoms with Crippen LogP contribution in [0.3, 0.4) is 0 Å². The van der Waals surface area contributed by atoms with Crippen LogP contribution in [-0.4, -0.2) is 17.4 Å². The number of rotatable bonds is 5. The van der Waals surface area contributed by atoms with Gasteiger partial charge in [0.05, 0.1) is 5.56 Å². The summed E-state index contributed by atoms with van der Waals surface area (Å²) in [6.07, 6.45) is 2.21. The van der Waals surface area contributed by atoms with Crippen LogP contribution in [0.5, 0.6) is 0 Å². The SMILES string of the molecule is Cc1cc(=O)[nH]cc1C(=O)NCCc1cccc(-c2ccccc2)c1. The number of carbonyl (C=O) groups excluding carboxylic acids is 1. The van der Waals surface area contributed by atoms with Crippen LogP contribution in [0.2, 0.25) is 0 Å². The van der Waals surface area contributed by atoms with Gasteiger partial charge in [-0.3, -0.25) is 9.59 Å². The van der Waals surface area contributed by atoms with Crippen molar-refractivity contribution in [2.45, 2.75) is 13.3 Å². The molecule has 0 spiro atoms. The van der Waals surface area contributed by atoms with E-state index < -0.39 is 0 Å². The maximum atomic E-state index is 12.2. The van der Waals surface area contributed by atoms with Crippen molar-refractivity contribution in [2.24, 2.45) is 0 Å². The van der Waals surface area contributed by atoms with Crippen molar-refractivity contribution in [3.05, 3.63) is 93.9 Å². The second-order valence-electron chi connectivity index (χ2n) is 5.97. The summed E-state index contributed by atoms with van der Waals surface area (Å²) in [5.41, 5.74) is 4.48. The number of aryl methyl sites for hydroxylation is 1. The van der Waals surface area contributed by atoms with Crippen LogP contribution in [0, 0.1) is 6.92 Å². The predicted octanol–water partition coefficient (Wildman–Crippen LogP) is 3.32. The van der Waals surface area contributed by atoms with E-state index in [1.807, 2.05) is 24.3 Å². The molecule has 0 aliphatic rings. The lowest BCUT2D eigenvalue weighted by atomic mass is 10.0. The molecule has 3 aromatic rings. The van der Waals surface area contributed by atoms with E-state index in [9.17, 15) is 9.59 Å². The zero-order valence-corrected chi connectivity index (χ0v) is 14.1. The van der Waals surface area contributed by atoms with Crippen molar-refractivity contribution in [1.82, 2.24) is 10.3 Å². The van der Waals surface area contributed by atoms with Gasteiger partial charge in [-0.05, 0) is 35.6 Å². The van der Waals surface area contributed by atoms with Gasteiger partial charge in [0.2, 0.25) is 5.56 Å². The Kier molecular flexibility index (Phi) is 5.09. The second-order valence-corrected chi connectivity index (χ2v) is 5.97. The molecular weight excluding hydrogens is 312 g/mol. The van der Waals surface area contributed by atoms with Crippen molar-refractivity contribution in [2.75, 3.05) is 6.54 Å². The van der Waals surface area contributed by atoms with Crippen molar-refractivity contribution < 1.29 is 4.79 Å². The van der Waals surface area contributed by atoms with E-state index in [1.54, 1.807) is 6.92 Å². The molecule has 0 saturated carbocycles. The van der Waals surface area contributed by atoms with E-state index in [0.717, 1.165) is 6.42 Å². The first-order valence-corrected chi connectivity index (χ1v) is 8.25. The van der Waals surface area contributed by atoms with Crippen LogP contribution < -0.4 is 10.9 Å². The Morgan fingerprint density at radius 3 is 2.52 bits per heavy atom. The Labute approximate surface area is 146 Å². The highest BCUT2D eigenvalue weighted by Gasteiger charge is 2.09. The van der Waals surface area contributed by atoms with Crippen molar-refractivity contribution in [3.63, 3.8) is 0 Å². The Morgan fingerprint density at radius 2 is 1.76 bits per heavy atom. The molecular formula is C21H20N2O2. The van der Waals surface area contributed by atoms with E-state index in [-0.39, 0.29) is 11.5 Å². The van der Waals surface area contributed by atoms with E-state index in [1.165, 1.54) is 29.0 Å². The maximum absolute atomic E-state index is 12.2. The molecule has 1 amide bonds. The predicted molar refractivity (Wildman–Crippen MR) is 99.7 cm³/mol. The molecule has 1 heterocycles. The number of amides is 1. The third kappa shape index (κ3) is 4.23. The van der Waals surface area contributed by atoms with Crippen LogP contribution >= 0.6 is 0 Å². The number of pyridine rings is 1. The molecule has 4 heteroatoms. The van der Waals surface area contributed by atoms with Crippen LogP contribution in [0.25, 0.3) is 11.1 Å². The number of benzene rings is 2. The fourth-order valence-electron chi connectivity index (χ4n) is 2.77. The molecule has 4 nitrogen and oxygen atoms in total. The molecule has 0 atom stereocenters. The highest BCUT2D eigenvalue weighted by molar-refractivity contribution is 5.95. The Balaban J connectivity index is 1.62. The van der Waals surface area contributed by atoms with Crippen molar-refractivity contribution in [3.8, 4) is 11.1 Å². The van der Waals surface area contributed by atoms with Gasteiger partial charge in [-0.2, -0.15) is 0 Å². The Morgan fingerprint density at radius 1 is 1.00 bits per heavy atom. The van der Waals surface area contributed by atoms with Gasteiger partial charge in [0.1, 0.15) is 0 Å². The van der Waals surface area contributed by atoms with Crippen LogP contribution in [0.1, 0.15) is 21.5 Å². The Bertz CT molecular complexity index is 930. The fraction of sp³-hybridized carbons (Fsp3) is 0.143. The number of aromatic amines is 1. The van der Waals surface area contributed by atoms with Gasteiger partial charge in [0.25, 0.3) is 5.91 Å². The minimum atomic E-state index is -0.202. The first-order chi connectivity index (χ1) is 12.1. The number of hydrogen-bond acceptors (Lipinski definition) is 2. The number of nitrogens with one attached hydrogen (secondary N) is 2. The van der Waals surface area contributed by atoms with Gasteiger partial charge in [0.15, 0.2) is 0 Å². The summed E-state index contributed by atoms with van der Waals surface area (Å²) in [4.78, 5) is 26.0. The second kappa shape index (κ2) is 7.62. The molecule has 0 fully saturated rings. The van der Waals surface area contributed by atoms with Gasteiger partial charge >= 0.3 is 0 Å². The number of carbonyl (C=O) groups is 1. The minimum absolute atomic E-state index is 0.173. The summed E-state index contributed by atoms with van der Waals surface area (Å²) >= 11 is 0. The quantitative estimate of drug-likeness (QED) is 0.753. The zero-order valence-electron chi connectivity index (χ0n) is 14.1. The number of H-pyrrole nitrogens is 1. The van der Waals surface area contributed by atoms with Crippen LogP contribution in [0.4, 0.5) is 0 Å². The van der Waals surface area contributed by atoms with Gasteiger partial charge in [-0.15, -0.1) is 0 Å². The summed E-state index contributed by atoms with van der Waals surface area (Å²) in [5, 5.41) is 2.91. The monoisotopic (exact) mass is 332 g/mol. The molecule has 0 bridgehead atoms. The van der Waals surface area contributed by atoms with E-state index in [2.05, 4.69) is 40.6 Å². The lowest BCUT2D eigenvalue weighted by Gasteiger charge is -2.08. The molecule has 2 N–H and O–H groups in total. The standard InChI is InChI=1S/C21H20N2O2/c1-15-12-20(24)23-14-19(15)21(25)22-11-10-16-6-5-9-18(13-16)17-7-3-2-4-8-17/h2-9,12-14H,10-11H2,1H3,(H,22,25)(H,23,24). The zero-order chi connectivity index (χ0) is 17.6. The molecule has 0 aliphatic carbocycles. The van der Waals surface area contributed by atoms with Crippen LogP contribution in [-0.2, 0) is 6.42 Å². The highest BCUT2D eigenvalue weighted by Crippen LogP contribution is 2.20. The van der Waals surface area contributed by atoms with Gasteiger partial charge in [0, 0.05) is 18.8 Å². The van der Waals surface area contributed by atoms with Gasteiger partial charge in [-0.1, -0.05) is 54.6 Å². The topological polar surface area (TPSA) is 62.0 Å². The summed E-state index contributed by atoms with van der Waals surface area (Å²) in [7, 11) is 0. The fourth-order valence-corrected chi connectivity index (χ4v) is 2.77. The first kappa shape index (κ1) is 16.7. The van der Waals surface area contributed by atoms with Gasteiger partial charge < -0.3 is 10.3 Å². The van der Waals surface area contributed by atoms with E-state index >= 15 is 0 Å². The molecule has 0 unspecified atom stereocenters. The summed E-state index contributed by atoms with van der Waals surface area (Å²) in [6, 6.07) is 20.0. The van der Waals surface area contributed by atoms with Crippen molar-refractivity contribution >= 4 is 5.91 Å². The molecule has 2 aromatic carbocycles. The molecule has 126 valence electrons. The summed E-state index contributed by atoms with van der Waals surface area (Å²) in [6.45, 7) is 2.29. The van der Waals surface area contributed by atoms with E-state index in [4.69, 9.17) is 0 Å². The van der Waals surface area contributed by atoms with Crippen molar-refractivity contribution in [1.29, 1.82) is 0 Å². The maximum Gasteiger partial charge on any atom is 0.253 e. The van der Waals surface area contributed by atoms with Crippen LogP contribution in [0.15, 0.2) is 71.7 Å². The molecule has 0 saturated heterocycles. The summed E-state index contributed by atoms with van der Waals surface area (Å²) in [5.74, 6) is -0.173. The lowest BCUT2D eigenvalue weighted by molar-refractivity contribution is 0.0953. The minimum Gasteiger partial charge on any atom is -0.352 e. The third-order valence-corrected chi connectivity index (χ3v) is 4.11. The molecule has 25 heavy (non-hydrogen) atoms. The average Bonchev–Trinajstić information content (AvgIpc) is 2.62. The van der Waals surface area contributed by atoms with Gasteiger partial charge in [-0.25, -0.2) is 0 Å². The molecule has 1 aromatic heterocycles. The first-order valence-electron chi connectivity index (χ1n) is 8.25. The largest absolute Gasteiger partial charge is 0.352 e. The lowest BCUT2D eigenvalue weighted by Crippen LogP contribution is -2.27. The smallest absolute Gasteiger partial charge is 0.253 e. The normalized spacial score (nSPS) is 10.4. The summed E-state index contributed by atoms with van der Waals surface area (Å²) < 4.78 is 0. The molecule has 0 aliphatic heterocycles. The Hall–Kier alpha value is -3.14. The molecule has 0 radical (unpaired) electrons. The molecule has 3 rings (SSSR count). The number of hydrogen-bond donors (Lipinski definition) is 2. The third-order valence-electron chi connectivity index (χ3n) is 4.11. The number of aromatic nitrogens is 1. The average molecular weight is 332 g/mol. The van der Waals surface area contributed by atoms with E-state index in [0.29, 0.717) is 17.7 Å².